The molecule has 0 N–H and O–H groups in total. The highest BCUT2D eigenvalue weighted by atomic mass is 35.5. The maximum Gasteiger partial charge on any atom is 0.244 e. The largest absolute Gasteiger partial charge is 0.338 e. The molecule has 0 aliphatic carbocycles. The van der Waals surface area contributed by atoms with Crippen LogP contribution in [0.25, 0.3) is 20.9 Å². The summed E-state index contributed by atoms with van der Waals surface area (Å²) in [7, 11) is 0. The van der Waals surface area contributed by atoms with E-state index < -0.39 is 0 Å². The summed E-state index contributed by atoms with van der Waals surface area (Å²) in [6.45, 7) is 5.09. The normalized spacial score (nSPS) is 15.2. The van der Waals surface area contributed by atoms with Crippen molar-refractivity contribution < 1.29 is 4.79 Å². The molecule has 24 heavy (non-hydrogen) atoms. The lowest BCUT2D eigenvalue weighted by atomic mass is 10.2. The zero-order valence-corrected chi connectivity index (χ0v) is 14.9. The van der Waals surface area contributed by atoms with Gasteiger partial charge >= 0.3 is 0 Å². The van der Waals surface area contributed by atoms with Crippen molar-refractivity contribution in [1.82, 2.24) is 24.6 Å². The molecule has 0 atom stereocenters. The first-order valence-corrected chi connectivity index (χ1v) is 8.99. The Morgan fingerprint density at radius 3 is 2.96 bits per heavy atom. The average molecular weight is 362 g/mol. The zero-order chi connectivity index (χ0) is 16.8. The first-order chi connectivity index (χ1) is 11.5. The van der Waals surface area contributed by atoms with E-state index in [-0.39, 0.29) is 18.5 Å². The monoisotopic (exact) mass is 361 g/mol. The smallest absolute Gasteiger partial charge is 0.244 e. The fraction of sp³-hybridized carbons (Fsp3) is 0.375. The Kier molecular flexibility index (Phi) is 3.77. The fourth-order valence-electron chi connectivity index (χ4n) is 2.94. The van der Waals surface area contributed by atoms with Gasteiger partial charge in [0.1, 0.15) is 22.4 Å². The highest BCUT2D eigenvalue weighted by molar-refractivity contribution is 7.21. The van der Waals surface area contributed by atoms with Gasteiger partial charge in [-0.2, -0.15) is 5.10 Å². The summed E-state index contributed by atoms with van der Waals surface area (Å²) in [6.07, 6.45) is 2.53. The van der Waals surface area contributed by atoms with E-state index in [1.807, 2.05) is 24.8 Å². The number of pyridine rings is 1. The number of carbonyl (C=O) groups is 1. The molecular formula is C16H16ClN5OS. The van der Waals surface area contributed by atoms with Gasteiger partial charge in [0.15, 0.2) is 0 Å². The van der Waals surface area contributed by atoms with Crippen molar-refractivity contribution >= 4 is 39.1 Å². The summed E-state index contributed by atoms with van der Waals surface area (Å²) in [6, 6.07) is 3.99. The molecule has 0 fully saturated rings. The van der Waals surface area contributed by atoms with Crippen LogP contribution in [0.1, 0.15) is 19.5 Å². The molecule has 0 aromatic carbocycles. The van der Waals surface area contributed by atoms with Gasteiger partial charge in [0, 0.05) is 37.0 Å². The first kappa shape index (κ1) is 15.5. The number of carbonyl (C=O) groups excluding carboxylic acids is 1. The second-order valence-corrected chi connectivity index (χ2v) is 7.52. The first-order valence-electron chi connectivity index (χ1n) is 7.80. The van der Waals surface area contributed by atoms with E-state index in [9.17, 15) is 4.79 Å². The van der Waals surface area contributed by atoms with Crippen molar-refractivity contribution in [3.8, 4) is 10.7 Å². The predicted molar refractivity (Wildman–Crippen MR) is 94.2 cm³/mol. The molecule has 124 valence electrons. The Morgan fingerprint density at radius 1 is 1.33 bits per heavy atom. The van der Waals surface area contributed by atoms with Gasteiger partial charge < -0.3 is 4.90 Å². The van der Waals surface area contributed by atoms with Crippen LogP contribution in [0, 0.1) is 0 Å². The average Bonchev–Trinajstić information content (AvgIpc) is 3.07. The van der Waals surface area contributed by atoms with E-state index in [2.05, 4.69) is 15.1 Å². The van der Waals surface area contributed by atoms with Crippen LogP contribution in [0.15, 0.2) is 18.3 Å². The molecule has 0 radical (unpaired) electrons. The van der Waals surface area contributed by atoms with Crippen LogP contribution in [0.4, 0.5) is 0 Å². The Bertz CT molecular complexity index is 932. The summed E-state index contributed by atoms with van der Waals surface area (Å²) in [5.74, 6) is 0.110. The van der Waals surface area contributed by atoms with E-state index in [0.29, 0.717) is 5.15 Å². The third-order valence-electron chi connectivity index (χ3n) is 4.16. The van der Waals surface area contributed by atoms with Crippen LogP contribution < -0.4 is 0 Å². The van der Waals surface area contributed by atoms with Crippen LogP contribution in [-0.4, -0.2) is 43.1 Å². The molecule has 0 spiro atoms. The minimum absolute atomic E-state index is 0.110. The van der Waals surface area contributed by atoms with Crippen molar-refractivity contribution in [3.63, 3.8) is 0 Å². The fourth-order valence-corrected chi connectivity index (χ4v) is 3.97. The Morgan fingerprint density at radius 2 is 2.17 bits per heavy atom. The SMILES string of the molecule is CC(C)N1CCc2cc(-c3nc4cc(Cl)ncc4s3)nn2CC1=O. The molecule has 3 aromatic heterocycles. The molecule has 0 saturated heterocycles. The molecule has 1 aliphatic rings. The number of thiazole rings is 1. The molecule has 0 saturated carbocycles. The van der Waals surface area contributed by atoms with E-state index in [1.165, 1.54) is 11.3 Å². The summed E-state index contributed by atoms with van der Waals surface area (Å²) in [5.41, 5.74) is 2.69. The highest BCUT2D eigenvalue weighted by Gasteiger charge is 2.24. The molecular weight excluding hydrogens is 346 g/mol. The minimum atomic E-state index is 0.110. The number of amides is 1. The number of hydrogen-bond donors (Lipinski definition) is 0. The van der Waals surface area contributed by atoms with Gasteiger partial charge in [-0.15, -0.1) is 11.3 Å². The zero-order valence-electron chi connectivity index (χ0n) is 13.4. The van der Waals surface area contributed by atoms with Gasteiger partial charge in [0.2, 0.25) is 5.91 Å². The molecule has 8 heteroatoms. The van der Waals surface area contributed by atoms with Crippen molar-refractivity contribution in [2.24, 2.45) is 0 Å². The van der Waals surface area contributed by atoms with Crippen molar-refractivity contribution in [2.45, 2.75) is 32.9 Å². The van der Waals surface area contributed by atoms with Crippen molar-refractivity contribution in [3.05, 3.63) is 29.2 Å². The van der Waals surface area contributed by atoms with Crippen LogP contribution in [0.2, 0.25) is 5.15 Å². The highest BCUT2D eigenvalue weighted by Crippen LogP contribution is 2.30. The molecule has 1 amide bonds. The van der Waals surface area contributed by atoms with Gasteiger partial charge in [-0.3, -0.25) is 9.48 Å². The molecule has 3 aromatic rings. The Labute approximate surface area is 148 Å². The number of halogens is 1. The van der Waals surface area contributed by atoms with Crippen LogP contribution in [-0.2, 0) is 17.8 Å². The van der Waals surface area contributed by atoms with Crippen molar-refractivity contribution in [1.29, 1.82) is 0 Å². The van der Waals surface area contributed by atoms with Gasteiger partial charge in [-0.05, 0) is 19.9 Å². The van der Waals surface area contributed by atoms with Crippen LogP contribution in [0.3, 0.4) is 0 Å². The summed E-state index contributed by atoms with van der Waals surface area (Å²) >= 11 is 7.45. The number of hydrogen-bond acceptors (Lipinski definition) is 5. The molecule has 0 unspecified atom stereocenters. The number of nitrogens with zero attached hydrogens (tertiary/aromatic N) is 5. The molecule has 4 rings (SSSR count). The Hall–Kier alpha value is -1.99. The summed E-state index contributed by atoms with van der Waals surface area (Å²) < 4.78 is 2.77. The summed E-state index contributed by atoms with van der Waals surface area (Å²) in [5, 5.41) is 5.86. The lowest BCUT2D eigenvalue weighted by Crippen LogP contribution is -2.38. The third-order valence-corrected chi connectivity index (χ3v) is 5.40. The minimum Gasteiger partial charge on any atom is -0.338 e. The number of aromatic nitrogens is 4. The predicted octanol–water partition coefficient (Wildman–Crippen LogP) is 3.00. The lowest BCUT2D eigenvalue weighted by molar-refractivity contribution is -0.133. The second kappa shape index (κ2) is 5.82. The van der Waals surface area contributed by atoms with Gasteiger partial charge in [0.05, 0.1) is 10.2 Å². The third kappa shape index (κ3) is 2.67. The molecule has 0 bridgehead atoms. The topological polar surface area (TPSA) is 63.9 Å². The summed E-state index contributed by atoms with van der Waals surface area (Å²) in [4.78, 5) is 23.0. The lowest BCUT2D eigenvalue weighted by Gasteiger charge is -2.24. The number of fused-ring (bicyclic) bond motifs is 2. The maximum atomic E-state index is 12.4. The van der Waals surface area contributed by atoms with Gasteiger partial charge in [0.25, 0.3) is 0 Å². The van der Waals surface area contributed by atoms with E-state index in [1.54, 1.807) is 16.9 Å². The molecule has 1 aliphatic heterocycles. The Balaban J connectivity index is 1.68. The van der Waals surface area contributed by atoms with E-state index >= 15 is 0 Å². The second-order valence-electron chi connectivity index (χ2n) is 6.10. The van der Waals surface area contributed by atoms with Crippen LogP contribution in [0.5, 0.6) is 0 Å². The maximum absolute atomic E-state index is 12.4. The van der Waals surface area contributed by atoms with Crippen molar-refractivity contribution in [2.75, 3.05) is 6.54 Å². The van der Waals surface area contributed by atoms with E-state index in [4.69, 9.17) is 11.6 Å². The quantitative estimate of drug-likeness (QED) is 0.658. The van der Waals surface area contributed by atoms with E-state index in [0.717, 1.165) is 39.6 Å². The van der Waals surface area contributed by atoms with Gasteiger partial charge in [-0.1, -0.05) is 11.6 Å². The van der Waals surface area contributed by atoms with Crippen LogP contribution >= 0.6 is 22.9 Å². The number of rotatable bonds is 2. The standard InChI is InChI=1S/C16H16ClN5OS/c1-9(2)21-4-3-10-5-12(20-22(10)8-15(21)23)16-19-11-6-14(17)18-7-13(11)24-16/h5-7,9H,3-4,8H2,1-2H3. The van der Waals surface area contributed by atoms with Gasteiger partial charge in [-0.25, -0.2) is 9.97 Å². The molecule has 4 heterocycles. The molecule has 6 nitrogen and oxygen atoms in total.